The molecule has 11 heteroatoms. The van der Waals surface area contributed by atoms with Crippen LogP contribution >= 0.6 is 0 Å². The van der Waals surface area contributed by atoms with Crippen LogP contribution in [0, 0.1) is 5.92 Å². The van der Waals surface area contributed by atoms with Crippen LogP contribution in [0.25, 0.3) is 33.5 Å². The minimum Gasteiger partial charge on any atom is -0.378 e. The van der Waals surface area contributed by atoms with Crippen molar-refractivity contribution in [2.45, 2.75) is 37.8 Å². The fourth-order valence-corrected chi connectivity index (χ4v) is 5.38. The van der Waals surface area contributed by atoms with E-state index in [1.54, 1.807) is 12.1 Å². The molecular weight excluding hydrogens is 494 g/mol. The number of carbonyl (C=O) groups is 1. The van der Waals surface area contributed by atoms with Gasteiger partial charge in [0.05, 0.1) is 29.8 Å². The van der Waals surface area contributed by atoms with Crippen LogP contribution in [0.3, 0.4) is 0 Å². The first-order valence-corrected chi connectivity index (χ1v) is 13.1. The Balaban J connectivity index is 1.26. The van der Waals surface area contributed by atoms with Gasteiger partial charge in [0.25, 0.3) is 5.92 Å². The van der Waals surface area contributed by atoms with Crippen molar-refractivity contribution in [3.63, 3.8) is 0 Å². The lowest BCUT2D eigenvalue weighted by Gasteiger charge is -2.28. The van der Waals surface area contributed by atoms with E-state index < -0.39 is 24.2 Å². The zero-order chi connectivity index (χ0) is 25.9. The monoisotopic (exact) mass is 522 g/mol. The molecule has 2 saturated heterocycles. The molecule has 2 unspecified atom stereocenters. The van der Waals surface area contributed by atoms with Crippen molar-refractivity contribution in [1.29, 1.82) is 0 Å². The molecule has 9 nitrogen and oxygen atoms in total. The van der Waals surface area contributed by atoms with Crippen molar-refractivity contribution >= 4 is 39.2 Å². The molecule has 7 rings (SSSR count). The number of halogens is 2. The second kappa shape index (κ2) is 9.02. The topological polar surface area (TPSA) is 97.3 Å². The van der Waals surface area contributed by atoms with Crippen molar-refractivity contribution in [3.8, 4) is 11.5 Å². The van der Waals surface area contributed by atoms with E-state index in [2.05, 4.69) is 27.3 Å². The van der Waals surface area contributed by atoms with Crippen molar-refractivity contribution < 1.29 is 23.0 Å². The molecule has 0 bridgehead atoms. The zero-order valence-electron chi connectivity index (χ0n) is 20.8. The van der Waals surface area contributed by atoms with Crippen LogP contribution in [0.15, 0.2) is 36.4 Å². The highest BCUT2D eigenvalue weighted by Crippen LogP contribution is 2.49. The molecule has 0 spiro atoms. The third kappa shape index (κ3) is 4.19. The predicted octanol–water partition coefficient (Wildman–Crippen LogP) is 4.71. The first-order chi connectivity index (χ1) is 18.5. The first-order valence-electron chi connectivity index (χ1n) is 13.1. The Bertz CT molecular complexity index is 1520. The van der Waals surface area contributed by atoms with Crippen LogP contribution in [0.2, 0.25) is 0 Å². The summed E-state index contributed by atoms with van der Waals surface area (Å²) in [7, 11) is 0. The molecule has 3 fully saturated rings. The van der Waals surface area contributed by atoms with Gasteiger partial charge in [0, 0.05) is 42.9 Å². The number of anilines is 2. The zero-order valence-corrected chi connectivity index (χ0v) is 20.8. The summed E-state index contributed by atoms with van der Waals surface area (Å²) in [4.78, 5) is 22.9. The molecule has 2 atom stereocenters. The summed E-state index contributed by atoms with van der Waals surface area (Å²) >= 11 is 0. The third-order valence-electron chi connectivity index (χ3n) is 7.61. The van der Waals surface area contributed by atoms with E-state index in [1.807, 2.05) is 16.8 Å². The molecule has 4 aromatic rings. The number of alkyl halides is 2. The Hall–Kier alpha value is -3.57. The maximum absolute atomic E-state index is 13.4. The molecule has 2 aromatic heterocycles. The molecule has 2 aromatic carbocycles. The van der Waals surface area contributed by atoms with Crippen LogP contribution in [-0.2, 0) is 14.3 Å². The Morgan fingerprint density at radius 3 is 2.71 bits per heavy atom. The van der Waals surface area contributed by atoms with Crippen LogP contribution in [0.1, 0.15) is 31.9 Å². The van der Waals surface area contributed by atoms with E-state index in [0.717, 1.165) is 60.0 Å². The summed E-state index contributed by atoms with van der Waals surface area (Å²) in [6.45, 7) is 3.76. The van der Waals surface area contributed by atoms with Crippen LogP contribution in [0.5, 0.6) is 0 Å². The van der Waals surface area contributed by atoms with Gasteiger partial charge in [-0.15, -0.1) is 0 Å². The maximum atomic E-state index is 13.4. The summed E-state index contributed by atoms with van der Waals surface area (Å²) in [5.74, 6) is -4.21. The van der Waals surface area contributed by atoms with Crippen LogP contribution in [0.4, 0.5) is 20.2 Å². The van der Waals surface area contributed by atoms with Gasteiger partial charge >= 0.3 is 0 Å². The van der Waals surface area contributed by atoms with Gasteiger partial charge in [-0.2, -0.15) is 5.10 Å². The number of H-pyrrole nitrogens is 1. The lowest BCUT2D eigenvalue weighted by atomic mass is 10.1. The number of aromatic nitrogens is 4. The number of carbonyl (C=O) groups excluding carboxylic acids is 1. The number of nitrogens with one attached hydrogen (secondary N) is 2. The fraction of sp³-hybridized carbons (Fsp3) is 0.444. The molecule has 4 heterocycles. The van der Waals surface area contributed by atoms with Crippen molar-refractivity contribution in [1.82, 2.24) is 19.7 Å². The average molecular weight is 523 g/mol. The molecule has 1 saturated carbocycles. The van der Waals surface area contributed by atoms with Gasteiger partial charge < -0.3 is 24.7 Å². The number of morpholine rings is 1. The minimum absolute atomic E-state index is 0.254. The van der Waals surface area contributed by atoms with E-state index in [0.29, 0.717) is 37.0 Å². The third-order valence-corrected chi connectivity index (χ3v) is 7.61. The van der Waals surface area contributed by atoms with Gasteiger partial charge in [-0.05, 0) is 55.7 Å². The molecule has 0 radical (unpaired) electrons. The Kier molecular flexibility index (Phi) is 5.59. The SMILES string of the molecule is O=C(Nc1ccc2c(-c3nc4ccc(N5CCOCC5)cc4[nH]3)nn(C3CCCCO3)c2c1)C1CC1(F)F. The molecule has 198 valence electrons. The van der Waals surface area contributed by atoms with Gasteiger partial charge in [-0.25, -0.2) is 18.4 Å². The van der Waals surface area contributed by atoms with Gasteiger partial charge in [-0.3, -0.25) is 4.79 Å². The number of amides is 1. The van der Waals surface area contributed by atoms with Gasteiger partial charge in [0.15, 0.2) is 12.1 Å². The van der Waals surface area contributed by atoms with E-state index in [4.69, 9.17) is 19.6 Å². The first kappa shape index (κ1) is 23.5. The standard InChI is InChI=1S/C27H28F2N6O3/c28-27(29)15-19(27)26(36)30-16-4-6-18-22(13-16)35(23-3-1-2-10-38-23)33-24(18)25-31-20-7-5-17(14-21(20)32-25)34-8-11-37-12-9-34/h4-7,13-14,19,23H,1-3,8-12,15H2,(H,30,36)(H,31,32). The molecule has 2 aliphatic heterocycles. The summed E-state index contributed by atoms with van der Waals surface area (Å²) in [5, 5.41) is 8.41. The molecular formula is C27H28F2N6O3. The number of aromatic amines is 1. The highest BCUT2D eigenvalue weighted by molar-refractivity contribution is 6.00. The van der Waals surface area contributed by atoms with Gasteiger partial charge in [0.2, 0.25) is 5.91 Å². The Labute approximate surface area is 217 Å². The summed E-state index contributed by atoms with van der Waals surface area (Å²) in [6, 6.07) is 11.5. The largest absolute Gasteiger partial charge is 0.378 e. The number of ether oxygens (including phenoxy) is 2. The minimum atomic E-state index is -2.91. The highest BCUT2D eigenvalue weighted by Gasteiger charge is 2.61. The van der Waals surface area contributed by atoms with Crippen LogP contribution in [-0.4, -0.2) is 64.5 Å². The number of nitrogens with zero attached hydrogens (tertiary/aromatic N) is 4. The van der Waals surface area contributed by atoms with Gasteiger partial charge in [0.1, 0.15) is 11.6 Å². The molecule has 3 aliphatic rings. The predicted molar refractivity (Wildman–Crippen MR) is 138 cm³/mol. The van der Waals surface area contributed by atoms with Crippen molar-refractivity contribution in [2.24, 2.45) is 5.92 Å². The number of imidazole rings is 1. The number of rotatable bonds is 5. The normalized spacial score (nSPS) is 23.2. The lowest BCUT2D eigenvalue weighted by Crippen LogP contribution is -2.36. The van der Waals surface area contributed by atoms with E-state index >= 15 is 0 Å². The lowest BCUT2D eigenvalue weighted by molar-refractivity contribution is -0.119. The average Bonchev–Trinajstić information content (AvgIpc) is 3.25. The summed E-state index contributed by atoms with van der Waals surface area (Å²) in [5.41, 5.74) is 4.74. The van der Waals surface area contributed by atoms with Crippen molar-refractivity contribution in [2.75, 3.05) is 43.1 Å². The highest BCUT2D eigenvalue weighted by atomic mass is 19.3. The number of fused-ring (bicyclic) bond motifs is 2. The molecule has 1 aliphatic carbocycles. The summed E-state index contributed by atoms with van der Waals surface area (Å²) < 4.78 is 40.2. The van der Waals surface area contributed by atoms with E-state index in [1.165, 1.54) is 0 Å². The fourth-order valence-electron chi connectivity index (χ4n) is 5.38. The smallest absolute Gasteiger partial charge is 0.260 e. The molecule has 38 heavy (non-hydrogen) atoms. The number of hydrogen-bond donors (Lipinski definition) is 2. The Morgan fingerprint density at radius 1 is 1.11 bits per heavy atom. The second-order valence-corrected chi connectivity index (χ2v) is 10.2. The van der Waals surface area contributed by atoms with E-state index in [9.17, 15) is 13.6 Å². The summed E-state index contributed by atoms with van der Waals surface area (Å²) in [6.07, 6.45) is 2.16. The van der Waals surface area contributed by atoms with E-state index in [-0.39, 0.29) is 6.23 Å². The number of hydrogen-bond acceptors (Lipinski definition) is 6. The number of benzene rings is 2. The van der Waals surface area contributed by atoms with Gasteiger partial charge in [-0.1, -0.05) is 0 Å². The second-order valence-electron chi connectivity index (χ2n) is 10.2. The quantitative estimate of drug-likeness (QED) is 0.394. The maximum Gasteiger partial charge on any atom is 0.260 e. The molecule has 2 N–H and O–H groups in total. The molecule has 1 amide bonds. The Morgan fingerprint density at radius 2 is 1.95 bits per heavy atom. The van der Waals surface area contributed by atoms with Crippen molar-refractivity contribution in [3.05, 3.63) is 36.4 Å². The van der Waals surface area contributed by atoms with Crippen LogP contribution < -0.4 is 10.2 Å².